The first-order valence-corrected chi connectivity index (χ1v) is 8.58. The van der Waals surface area contributed by atoms with Crippen molar-refractivity contribution in [3.8, 4) is 11.1 Å². The van der Waals surface area contributed by atoms with Crippen LogP contribution in [0.3, 0.4) is 0 Å². The lowest BCUT2D eigenvalue weighted by Crippen LogP contribution is -2.06. The first kappa shape index (κ1) is 16.0. The molecule has 1 N–H and O–H groups in total. The number of hydrogen-bond donors (Lipinski definition) is 1. The Kier molecular flexibility index (Phi) is 3.92. The van der Waals surface area contributed by atoms with Gasteiger partial charge in [-0.05, 0) is 49.1 Å². The molecule has 1 saturated carbocycles. The second kappa shape index (κ2) is 6.12. The Morgan fingerprint density at radius 1 is 1.16 bits per heavy atom. The number of halogens is 2. The van der Waals surface area contributed by atoms with Crippen molar-refractivity contribution in [2.24, 2.45) is 0 Å². The number of aryl methyl sites for hydroxylation is 1. The highest BCUT2D eigenvalue weighted by molar-refractivity contribution is 6.35. The molecule has 0 unspecified atom stereocenters. The fourth-order valence-electron chi connectivity index (χ4n) is 3.01. The van der Waals surface area contributed by atoms with Crippen molar-refractivity contribution >= 4 is 28.2 Å². The second-order valence-electron chi connectivity index (χ2n) is 6.22. The molecule has 1 aliphatic rings. The van der Waals surface area contributed by atoms with Gasteiger partial charge in [-0.3, -0.25) is 4.98 Å². The van der Waals surface area contributed by atoms with Crippen LogP contribution in [0.5, 0.6) is 0 Å². The van der Waals surface area contributed by atoms with Gasteiger partial charge in [0.1, 0.15) is 0 Å². The van der Waals surface area contributed by atoms with Gasteiger partial charge in [0.15, 0.2) is 5.82 Å². The van der Waals surface area contributed by atoms with Gasteiger partial charge in [-0.15, -0.1) is 0 Å². The highest BCUT2D eigenvalue weighted by Gasteiger charge is 2.19. The van der Waals surface area contributed by atoms with Gasteiger partial charge in [0.05, 0.1) is 27.6 Å². The summed E-state index contributed by atoms with van der Waals surface area (Å²) in [5.41, 5.74) is 6.37. The summed E-state index contributed by atoms with van der Waals surface area (Å²) < 4.78 is 14.0. The van der Waals surface area contributed by atoms with Gasteiger partial charge in [0.2, 0.25) is 0 Å². The van der Waals surface area contributed by atoms with E-state index >= 15 is 0 Å². The van der Waals surface area contributed by atoms with Crippen LogP contribution in [0, 0.1) is 12.7 Å². The van der Waals surface area contributed by atoms with E-state index in [2.05, 4.69) is 15.3 Å². The number of hydrogen-bond acceptors (Lipinski definition) is 3. The third kappa shape index (κ3) is 2.87. The van der Waals surface area contributed by atoms with Crippen LogP contribution >= 0.6 is 11.6 Å². The molecule has 2 aromatic heterocycles. The molecule has 1 aromatic carbocycles. The maximum Gasteiger partial charge on any atom is 0.163 e. The van der Waals surface area contributed by atoms with E-state index in [-0.39, 0.29) is 5.02 Å². The monoisotopic (exact) mass is 353 g/mol. The van der Waals surface area contributed by atoms with E-state index in [1.165, 1.54) is 5.57 Å². The number of nitrogens with one attached hydrogen (secondary N) is 1. The van der Waals surface area contributed by atoms with Crippen molar-refractivity contribution < 1.29 is 4.39 Å². The van der Waals surface area contributed by atoms with Crippen molar-refractivity contribution in [1.82, 2.24) is 15.3 Å². The Morgan fingerprint density at radius 3 is 2.56 bits per heavy atom. The van der Waals surface area contributed by atoms with Gasteiger partial charge < -0.3 is 5.32 Å². The minimum absolute atomic E-state index is 0.116. The smallest absolute Gasteiger partial charge is 0.163 e. The maximum absolute atomic E-state index is 14.0. The zero-order chi connectivity index (χ0) is 17.6. The van der Waals surface area contributed by atoms with Gasteiger partial charge in [0, 0.05) is 24.2 Å². The normalized spacial score (nSPS) is 13.2. The number of pyridine rings is 2. The lowest BCUT2D eigenvalue weighted by Gasteiger charge is -2.09. The standard InChI is InChI=1S/C20H17ClFN3/c1-11-19(22)18(21)15-9-13(5-7-16(15)25-11)14-6-8-17(24-10-14)20(23-2)12-3-4-12/h5-10,23H,3-4H2,1-2H3. The lowest BCUT2D eigenvalue weighted by molar-refractivity contribution is 0.613. The molecule has 0 saturated heterocycles. The molecule has 0 atom stereocenters. The number of fused-ring (bicyclic) bond motifs is 1. The van der Waals surface area contributed by atoms with Gasteiger partial charge in [-0.2, -0.15) is 0 Å². The van der Waals surface area contributed by atoms with Crippen molar-refractivity contribution in [2.45, 2.75) is 19.8 Å². The van der Waals surface area contributed by atoms with E-state index < -0.39 is 5.82 Å². The summed E-state index contributed by atoms with van der Waals surface area (Å²) in [6.07, 6.45) is 4.12. The summed E-state index contributed by atoms with van der Waals surface area (Å²) in [5, 5.41) is 3.96. The molecule has 0 aliphatic heterocycles. The first-order chi connectivity index (χ1) is 12.1. The van der Waals surface area contributed by atoms with Crippen molar-refractivity contribution in [3.63, 3.8) is 0 Å². The quantitative estimate of drug-likeness (QED) is 0.710. The Bertz CT molecular complexity index is 1000. The molecule has 3 nitrogen and oxygen atoms in total. The molecule has 4 rings (SSSR count). The van der Waals surface area contributed by atoms with Crippen molar-refractivity contribution in [1.29, 1.82) is 0 Å². The van der Waals surface area contributed by atoms with Crippen LogP contribution in [0.2, 0.25) is 5.02 Å². The van der Waals surface area contributed by atoms with Gasteiger partial charge >= 0.3 is 0 Å². The van der Waals surface area contributed by atoms with E-state index in [1.807, 2.05) is 43.6 Å². The van der Waals surface area contributed by atoms with Crippen LogP contribution < -0.4 is 5.32 Å². The predicted molar refractivity (Wildman–Crippen MR) is 99.9 cm³/mol. The highest BCUT2D eigenvalue weighted by atomic mass is 35.5. The Labute approximate surface area is 150 Å². The third-order valence-electron chi connectivity index (χ3n) is 4.49. The number of benzene rings is 1. The first-order valence-electron chi connectivity index (χ1n) is 8.20. The Balaban J connectivity index is 1.76. The molecule has 1 aliphatic carbocycles. The molecule has 0 spiro atoms. The Morgan fingerprint density at radius 2 is 1.92 bits per heavy atom. The fraction of sp³-hybridized carbons (Fsp3) is 0.200. The van der Waals surface area contributed by atoms with Gasteiger partial charge in [-0.25, -0.2) is 9.37 Å². The van der Waals surface area contributed by atoms with E-state index in [9.17, 15) is 4.39 Å². The lowest BCUT2D eigenvalue weighted by atomic mass is 10.0. The van der Waals surface area contributed by atoms with E-state index in [4.69, 9.17) is 11.6 Å². The summed E-state index contributed by atoms with van der Waals surface area (Å²) >= 11 is 6.17. The average Bonchev–Trinajstić information content (AvgIpc) is 3.46. The number of rotatable bonds is 3. The predicted octanol–water partition coefficient (Wildman–Crippen LogP) is 5.12. The molecule has 3 aromatic rings. The topological polar surface area (TPSA) is 37.8 Å². The SMILES string of the molecule is CNC(=C1CC1)c1ccc(-c2ccc3nc(C)c(F)c(Cl)c3c2)cn1. The highest BCUT2D eigenvalue weighted by Crippen LogP contribution is 2.35. The molecule has 0 bridgehead atoms. The number of allylic oxidation sites excluding steroid dienone is 1. The molecule has 0 amide bonds. The molecule has 126 valence electrons. The van der Waals surface area contributed by atoms with Gasteiger partial charge in [-0.1, -0.05) is 23.7 Å². The fourth-order valence-corrected chi connectivity index (χ4v) is 3.29. The maximum atomic E-state index is 14.0. The molecular formula is C20H17ClFN3. The zero-order valence-electron chi connectivity index (χ0n) is 14.0. The summed E-state index contributed by atoms with van der Waals surface area (Å²) in [5.74, 6) is -0.463. The minimum Gasteiger partial charge on any atom is -0.386 e. The van der Waals surface area contributed by atoms with Crippen LogP contribution in [0.25, 0.3) is 27.7 Å². The summed E-state index contributed by atoms with van der Waals surface area (Å²) in [6, 6.07) is 9.71. The average molecular weight is 354 g/mol. The van der Waals surface area contributed by atoms with Crippen molar-refractivity contribution in [2.75, 3.05) is 7.05 Å². The molecule has 1 fully saturated rings. The number of nitrogens with zero attached hydrogens (tertiary/aromatic N) is 2. The summed E-state index contributed by atoms with van der Waals surface area (Å²) in [6.45, 7) is 1.62. The van der Waals surface area contributed by atoms with Crippen LogP contribution in [0.1, 0.15) is 24.2 Å². The van der Waals surface area contributed by atoms with E-state index in [0.29, 0.717) is 16.6 Å². The molecule has 0 radical (unpaired) electrons. The van der Waals surface area contributed by atoms with E-state index in [0.717, 1.165) is 35.4 Å². The zero-order valence-corrected chi connectivity index (χ0v) is 14.8. The third-order valence-corrected chi connectivity index (χ3v) is 4.86. The second-order valence-corrected chi connectivity index (χ2v) is 6.60. The molecule has 2 heterocycles. The van der Waals surface area contributed by atoms with Crippen LogP contribution in [0.4, 0.5) is 4.39 Å². The summed E-state index contributed by atoms with van der Waals surface area (Å²) in [7, 11) is 1.92. The Hall–Kier alpha value is -2.46. The summed E-state index contributed by atoms with van der Waals surface area (Å²) in [4.78, 5) is 8.83. The molecule has 5 heteroatoms. The molecule has 25 heavy (non-hydrogen) atoms. The van der Waals surface area contributed by atoms with Crippen LogP contribution in [-0.4, -0.2) is 17.0 Å². The largest absolute Gasteiger partial charge is 0.386 e. The number of aromatic nitrogens is 2. The van der Waals surface area contributed by atoms with E-state index in [1.54, 1.807) is 6.92 Å². The van der Waals surface area contributed by atoms with Crippen LogP contribution in [-0.2, 0) is 0 Å². The van der Waals surface area contributed by atoms with Gasteiger partial charge in [0.25, 0.3) is 0 Å². The minimum atomic E-state index is -0.463. The van der Waals surface area contributed by atoms with Crippen molar-refractivity contribution in [3.05, 3.63) is 64.3 Å². The van der Waals surface area contributed by atoms with Crippen LogP contribution in [0.15, 0.2) is 42.1 Å². The molecular weight excluding hydrogens is 337 g/mol.